The normalized spacial score (nSPS) is 21.5. The van der Waals surface area contributed by atoms with Crippen molar-refractivity contribution < 1.29 is 14.7 Å². The molecule has 20 heavy (non-hydrogen) atoms. The van der Waals surface area contributed by atoms with Crippen molar-refractivity contribution in [3.8, 4) is 0 Å². The van der Waals surface area contributed by atoms with Crippen LogP contribution in [0.3, 0.4) is 0 Å². The fraction of sp³-hybridized carbons (Fsp3) is 0.375. The number of carboxylic acids is 1. The number of anilines is 1. The minimum atomic E-state index is -1.16. The molecule has 0 radical (unpaired) electrons. The van der Waals surface area contributed by atoms with Crippen molar-refractivity contribution in [2.24, 2.45) is 11.8 Å². The van der Waals surface area contributed by atoms with Crippen molar-refractivity contribution in [2.45, 2.75) is 26.7 Å². The number of allylic oxidation sites excluding steroid dienone is 2. The zero-order valence-electron chi connectivity index (χ0n) is 11.7. The Kier molecular flexibility index (Phi) is 4.23. The van der Waals surface area contributed by atoms with Crippen molar-refractivity contribution in [3.63, 3.8) is 0 Å². The van der Waals surface area contributed by atoms with E-state index in [1.807, 2.05) is 38.1 Å². The molecule has 4 heteroatoms. The van der Waals surface area contributed by atoms with Crippen molar-refractivity contribution in [2.75, 3.05) is 5.32 Å². The summed E-state index contributed by atoms with van der Waals surface area (Å²) in [4.78, 5) is 23.4. The first-order valence-corrected chi connectivity index (χ1v) is 6.73. The summed E-state index contributed by atoms with van der Waals surface area (Å²) >= 11 is 0. The van der Waals surface area contributed by atoms with Crippen molar-refractivity contribution in [1.29, 1.82) is 0 Å². The lowest BCUT2D eigenvalue weighted by atomic mass is 9.82. The number of aryl methyl sites for hydroxylation is 2. The molecule has 0 spiro atoms. The van der Waals surface area contributed by atoms with Gasteiger partial charge in [0, 0.05) is 17.6 Å². The Morgan fingerprint density at radius 1 is 1.15 bits per heavy atom. The molecule has 1 aliphatic rings. The van der Waals surface area contributed by atoms with E-state index in [-0.39, 0.29) is 5.91 Å². The summed E-state index contributed by atoms with van der Waals surface area (Å²) < 4.78 is 0. The van der Waals surface area contributed by atoms with E-state index in [9.17, 15) is 14.7 Å². The van der Waals surface area contributed by atoms with E-state index in [0.717, 1.165) is 16.8 Å². The zero-order chi connectivity index (χ0) is 14.7. The number of hydrogen-bond donors (Lipinski definition) is 1. The van der Waals surface area contributed by atoms with Gasteiger partial charge in [-0.25, -0.2) is 0 Å². The predicted octanol–water partition coefficient (Wildman–Crippen LogP) is 1.57. The number of rotatable bonds is 3. The molecule has 1 aliphatic carbocycles. The molecule has 0 fully saturated rings. The Labute approximate surface area is 118 Å². The molecule has 2 atom stereocenters. The highest BCUT2D eigenvalue weighted by molar-refractivity contribution is 5.95. The first kappa shape index (κ1) is 14.3. The minimum Gasteiger partial charge on any atom is -0.550 e. The standard InChI is InChI=1S/C16H19NO3/c1-10-7-8-14(11(2)9-10)17-15(18)12-5-3-4-6-13(12)16(19)20/h3-4,7-9,12-13H,5-6H2,1-2H3,(H,17,18)(H,19,20)/p-1. The first-order chi connectivity index (χ1) is 9.49. The number of amides is 1. The van der Waals surface area contributed by atoms with Gasteiger partial charge in [-0.3, -0.25) is 4.79 Å². The maximum atomic E-state index is 12.3. The summed E-state index contributed by atoms with van der Waals surface area (Å²) in [6.45, 7) is 3.90. The Morgan fingerprint density at radius 2 is 1.80 bits per heavy atom. The summed E-state index contributed by atoms with van der Waals surface area (Å²) in [5, 5.41) is 13.9. The van der Waals surface area contributed by atoms with Crippen LogP contribution in [0, 0.1) is 25.7 Å². The minimum absolute atomic E-state index is 0.254. The molecule has 0 saturated carbocycles. The Hall–Kier alpha value is -2.10. The van der Waals surface area contributed by atoms with Crippen LogP contribution in [-0.2, 0) is 9.59 Å². The molecule has 0 heterocycles. The van der Waals surface area contributed by atoms with Crippen LogP contribution in [-0.4, -0.2) is 11.9 Å². The molecular formula is C16H18NO3-. The molecule has 1 amide bonds. The SMILES string of the molecule is Cc1ccc(NC(=O)C2CC=CCC2C(=O)[O-])c(C)c1. The third kappa shape index (κ3) is 3.07. The summed E-state index contributed by atoms with van der Waals surface area (Å²) in [5.74, 6) is -2.72. The lowest BCUT2D eigenvalue weighted by molar-refractivity contribution is -0.313. The fourth-order valence-electron chi connectivity index (χ4n) is 2.54. The van der Waals surface area contributed by atoms with Crippen LogP contribution in [0.25, 0.3) is 0 Å². The fourth-order valence-corrected chi connectivity index (χ4v) is 2.54. The molecule has 1 N–H and O–H groups in total. The van der Waals surface area contributed by atoms with E-state index >= 15 is 0 Å². The molecule has 0 bridgehead atoms. The van der Waals surface area contributed by atoms with Gasteiger partial charge < -0.3 is 15.2 Å². The van der Waals surface area contributed by atoms with Gasteiger partial charge in [-0.05, 0) is 38.3 Å². The molecule has 4 nitrogen and oxygen atoms in total. The molecular weight excluding hydrogens is 254 g/mol. The average molecular weight is 272 g/mol. The second kappa shape index (κ2) is 5.90. The highest BCUT2D eigenvalue weighted by Gasteiger charge is 2.29. The maximum Gasteiger partial charge on any atom is 0.228 e. The quantitative estimate of drug-likeness (QED) is 0.849. The smallest absolute Gasteiger partial charge is 0.228 e. The van der Waals surface area contributed by atoms with Crippen molar-refractivity contribution in [3.05, 3.63) is 41.5 Å². The van der Waals surface area contributed by atoms with Crippen molar-refractivity contribution in [1.82, 2.24) is 0 Å². The van der Waals surface area contributed by atoms with Gasteiger partial charge in [-0.2, -0.15) is 0 Å². The number of carbonyl (C=O) groups excluding carboxylic acids is 2. The molecule has 2 rings (SSSR count). The summed E-state index contributed by atoms with van der Waals surface area (Å²) in [6.07, 6.45) is 4.44. The van der Waals surface area contributed by atoms with Crippen LogP contribution in [0.5, 0.6) is 0 Å². The van der Waals surface area contributed by atoms with E-state index in [1.54, 1.807) is 6.08 Å². The predicted molar refractivity (Wildman–Crippen MR) is 74.9 cm³/mol. The van der Waals surface area contributed by atoms with Gasteiger partial charge in [0.25, 0.3) is 0 Å². The number of benzene rings is 1. The third-order valence-electron chi connectivity index (χ3n) is 3.71. The molecule has 1 aromatic carbocycles. The van der Waals surface area contributed by atoms with Crippen LogP contribution in [0.4, 0.5) is 5.69 Å². The van der Waals surface area contributed by atoms with Crippen LogP contribution >= 0.6 is 0 Å². The number of aliphatic carboxylic acids is 1. The third-order valence-corrected chi connectivity index (χ3v) is 3.71. The number of nitrogens with one attached hydrogen (secondary N) is 1. The van der Waals surface area contributed by atoms with Crippen LogP contribution in [0.1, 0.15) is 24.0 Å². The lowest BCUT2D eigenvalue weighted by Crippen LogP contribution is -2.41. The van der Waals surface area contributed by atoms with E-state index in [1.165, 1.54) is 0 Å². The second-order valence-electron chi connectivity index (χ2n) is 5.28. The highest BCUT2D eigenvalue weighted by Crippen LogP contribution is 2.27. The maximum absolute atomic E-state index is 12.3. The number of hydrogen-bond acceptors (Lipinski definition) is 3. The van der Waals surface area contributed by atoms with E-state index in [4.69, 9.17) is 0 Å². The summed E-state index contributed by atoms with van der Waals surface area (Å²) in [7, 11) is 0. The molecule has 1 aromatic rings. The monoisotopic (exact) mass is 272 g/mol. The van der Waals surface area contributed by atoms with Gasteiger partial charge in [0.05, 0.1) is 5.92 Å². The number of carbonyl (C=O) groups is 2. The van der Waals surface area contributed by atoms with Gasteiger partial charge in [0.15, 0.2) is 0 Å². The highest BCUT2D eigenvalue weighted by atomic mass is 16.4. The van der Waals surface area contributed by atoms with Crippen LogP contribution in [0.2, 0.25) is 0 Å². The number of carboxylic acid groups (broad SMARTS) is 1. The summed E-state index contributed by atoms with van der Waals surface area (Å²) in [5.41, 5.74) is 2.82. The molecule has 0 saturated heterocycles. The van der Waals surface area contributed by atoms with E-state index < -0.39 is 17.8 Å². The lowest BCUT2D eigenvalue weighted by Gasteiger charge is -2.28. The van der Waals surface area contributed by atoms with Crippen molar-refractivity contribution >= 4 is 17.6 Å². The zero-order valence-corrected chi connectivity index (χ0v) is 11.7. The van der Waals surface area contributed by atoms with Gasteiger partial charge >= 0.3 is 0 Å². The van der Waals surface area contributed by atoms with Gasteiger partial charge in [-0.1, -0.05) is 29.8 Å². The topological polar surface area (TPSA) is 69.2 Å². The second-order valence-corrected chi connectivity index (χ2v) is 5.28. The Morgan fingerprint density at radius 3 is 2.40 bits per heavy atom. The van der Waals surface area contributed by atoms with E-state index in [0.29, 0.717) is 12.8 Å². The van der Waals surface area contributed by atoms with Crippen LogP contribution in [0.15, 0.2) is 30.4 Å². The average Bonchev–Trinajstić information content (AvgIpc) is 2.41. The van der Waals surface area contributed by atoms with Gasteiger partial charge in [0.1, 0.15) is 0 Å². The Bertz CT molecular complexity index is 563. The van der Waals surface area contributed by atoms with Gasteiger partial charge in [-0.15, -0.1) is 0 Å². The molecule has 0 aliphatic heterocycles. The molecule has 2 unspecified atom stereocenters. The summed E-state index contributed by atoms with van der Waals surface area (Å²) in [6, 6.07) is 5.74. The largest absolute Gasteiger partial charge is 0.550 e. The molecule has 0 aromatic heterocycles. The molecule has 106 valence electrons. The first-order valence-electron chi connectivity index (χ1n) is 6.73. The van der Waals surface area contributed by atoms with Gasteiger partial charge in [0.2, 0.25) is 5.91 Å². The Balaban J connectivity index is 2.14. The van der Waals surface area contributed by atoms with Crippen LogP contribution < -0.4 is 10.4 Å². The van der Waals surface area contributed by atoms with E-state index in [2.05, 4.69) is 5.32 Å².